The molecule has 110 valence electrons. The van der Waals surface area contributed by atoms with E-state index in [1.54, 1.807) is 20.8 Å². The van der Waals surface area contributed by atoms with E-state index in [2.05, 4.69) is 21.2 Å². The molecule has 0 saturated carbocycles. The summed E-state index contributed by atoms with van der Waals surface area (Å²) < 4.78 is 23.7. The van der Waals surface area contributed by atoms with E-state index in [9.17, 15) is 14.0 Å². The molecule has 0 bridgehead atoms. The minimum Gasteiger partial charge on any atom is -0.428 e. The molecule has 20 heavy (non-hydrogen) atoms. The van der Waals surface area contributed by atoms with E-state index in [1.807, 2.05) is 0 Å². The highest BCUT2D eigenvalue weighted by Gasteiger charge is 2.20. The number of rotatable bonds is 3. The third kappa shape index (κ3) is 5.16. The van der Waals surface area contributed by atoms with Gasteiger partial charge in [-0.25, -0.2) is 9.18 Å². The molecule has 0 heterocycles. The molecule has 7 heteroatoms. The predicted molar refractivity (Wildman–Crippen MR) is 75.7 cm³/mol. The van der Waals surface area contributed by atoms with Gasteiger partial charge in [-0.1, -0.05) is 22.0 Å². The standard InChI is InChI=1S/C13H15BrFNO4/c1-13(2,3)20-12(18)19-9-6-4-5-8(11(9)15)16-10(17)7-14/h4-6H,7H2,1-3H3,(H,16,17). The van der Waals surface area contributed by atoms with Gasteiger partial charge in [0.1, 0.15) is 5.60 Å². The van der Waals surface area contributed by atoms with E-state index in [1.165, 1.54) is 18.2 Å². The molecule has 5 nitrogen and oxygen atoms in total. The van der Waals surface area contributed by atoms with Crippen LogP contribution in [0.3, 0.4) is 0 Å². The first-order valence-corrected chi connectivity index (χ1v) is 6.90. The third-order valence-corrected chi connectivity index (χ3v) is 2.45. The molecule has 0 saturated heterocycles. The van der Waals surface area contributed by atoms with Crippen molar-refractivity contribution in [3.05, 3.63) is 24.0 Å². The Morgan fingerprint density at radius 3 is 2.55 bits per heavy atom. The fourth-order valence-electron chi connectivity index (χ4n) is 1.23. The smallest absolute Gasteiger partial charge is 0.428 e. The Morgan fingerprint density at radius 2 is 2.00 bits per heavy atom. The van der Waals surface area contributed by atoms with Gasteiger partial charge in [-0.05, 0) is 32.9 Å². The molecule has 0 aliphatic rings. The SMILES string of the molecule is CC(C)(C)OC(=O)Oc1cccc(NC(=O)CBr)c1F. The highest BCUT2D eigenvalue weighted by Crippen LogP contribution is 2.25. The van der Waals surface area contributed by atoms with Crippen LogP contribution in [0, 0.1) is 5.82 Å². The van der Waals surface area contributed by atoms with Crippen molar-refractivity contribution >= 4 is 33.7 Å². The lowest BCUT2D eigenvalue weighted by atomic mass is 10.2. The van der Waals surface area contributed by atoms with Crippen LogP contribution in [0.15, 0.2) is 18.2 Å². The van der Waals surface area contributed by atoms with E-state index >= 15 is 0 Å². The van der Waals surface area contributed by atoms with Gasteiger partial charge in [-0.15, -0.1) is 0 Å². The third-order valence-electron chi connectivity index (χ3n) is 1.94. The van der Waals surface area contributed by atoms with E-state index in [-0.39, 0.29) is 16.8 Å². The van der Waals surface area contributed by atoms with Crippen molar-refractivity contribution in [3.63, 3.8) is 0 Å². The lowest BCUT2D eigenvalue weighted by molar-refractivity contribution is -0.113. The molecule has 0 atom stereocenters. The van der Waals surface area contributed by atoms with Gasteiger partial charge in [0.2, 0.25) is 5.91 Å². The average molecular weight is 348 g/mol. The van der Waals surface area contributed by atoms with Crippen LogP contribution < -0.4 is 10.1 Å². The molecule has 0 radical (unpaired) electrons. The summed E-state index contributed by atoms with van der Waals surface area (Å²) in [4.78, 5) is 22.7. The van der Waals surface area contributed by atoms with Crippen molar-refractivity contribution in [2.75, 3.05) is 10.6 Å². The molecule has 1 aromatic carbocycles. The van der Waals surface area contributed by atoms with Crippen LogP contribution in [0.4, 0.5) is 14.9 Å². The summed E-state index contributed by atoms with van der Waals surface area (Å²) in [6.07, 6.45) is -1.01. The van der Waals surface area contributed by atoms with Gasteiger partial charge in [0.05, 0.1) is 11.0 Å². The van der Waals surface area contributed by atoms with Crippen LogP contribution in [0.5, 0.6) is 5.75 Å². The molecule has 0 aliphatic carbocycles. The van der Waals surface area contributed by atoms with Crippen LogP contribution in [0.1, 0.15) is 20.8 Å². The van der Waals surface area contributed by atoms with Crippen molar-refractivity contribution in [2.24, 2.45) is 0 Å². The number of hydrogen-bond donors (Lipinski definition) is 1. The number of halogens is 2. The van der Waals surface area contributed by atoms with Crippen molar-refractivity contribution in [2.45, 2.75) is 26.4 Å². The summed E-state index contributed by atoms with van der Waals surface area (Å²) in [6, 6.07) is 4.08. The predicted octanol–water partition coefficient (Wildman–Crippen LogP) is 3.47. The Morgan fingerprint density at radius 1 is 1.35 bits per heavy atom. The molecular formula is C13H15BrFNO4. The zero-order chi connectivity index (χ0) is 15.3. The molecule has 0 spiro atoms. The average Bonchev–Trinajstić information content (AvgIpc) is 2.31. The fraction of sp³-hybridized carbons (Fsp3) is 0.385. The van der Waals surface area contributed by atoms with E-state index in [0.717, 1.165) is 0 Å². The minimum absolute atomic E-state index is 0.0313. The Hall–Kier alpha value is -1.63. The monoisotopic (exact) mass is 347 g/mol. The van der Waals surface area contributed by atoms with E-state index in [4.69, 9.17) is 9.47 Å². The van der Waals surface area contributed by atoms with Gasteiger partial charge in [0, 0.05) is 0 Å². The van der Waals surface area contributed by atoms with Crippen molar-refractivity contribution in [3.8, 4) is 5.75 Å². The van der Waals surface area contributed by atoms with Gasteiger partial charge >= 0.3 is 6.16 Å². The summed E-state index contributed by atoms with van der Waals surface area (Å²) in [6.45, 7) is 4.99. The Labute approximate surface area is 124 Å². The minimum atomic E-state index is -1.01. The van der Waals surface area contributed by atoms with Crippen LogP contribution in [0.2, 0.25) is 0 Å². The van der Waals surface area contributed by atoms with Crippen LogP contribution >= 0.6 is 15.9 Å². The van der Waals surface area contributed by atoms with Gasteiger partial charge in [0.15, 0.2) is 11.6 Å². The first kappa shape index (κ1) is 16.4. The number of nitrogens with one attached hydrogen (secondary N) is 1. The molecule has 1 amide bonds. The summed E-state index contributed by atoms with van der Waals surface area (Å²) in [5, 5.41) is 2.36. The normalized spacial score (nSPS) is 10.8. The Kier molecular flexibility index (Phi) is 5.50. The van der Waals surface area contributed by atoms with Crippen molar-refractivity contribution in [1.29, 1.82) is 0 Å². The first-order chi connectivity index (χ1) is 9.23. The number of amides is 1. The number of benzene rings is 1. The maximum Gasteiger partial charge on any atom is 0.514 e. The van der Waals surface area contributed by atoms with E-state index in [0.29, 0.717) is 0 Å². The van der Waals surface area contributed by atoms with Gasteiger partial charge in [0.25, 0.3) is 0 Å². The largest absolute Gasteiger partial charge is 0.514 e. The second-order valence-electron chi connectivity index (χ2n) is 4.87. The first-order valence-electron chi connectivity index (χ1n) is 5.78. The quantitative estimate of drug-likeness (QED) is 0.516. The lowest BCUT2D eigenvalue weighted by Gasteiger charge is -2.19. The highest BCUT2D eigenvalue weighted by atomic mass is 79.9. The number of alkyl halides is 1. The number of carbonyl (C=O) groups excluding carboxylic acids is 2. The molecule has 0 aliphatic heterocycles. The lowest BCUT2D eigenvalue weighted by Crippen LogP contribution is -2.26. The summed E-state index contributed by atoms with van der Waals surface area (Å²) in [7, 11) is 0. The van der Waals surface area contributed by atoms with Crippen LogP contribution in [0.25, 0.3) is 0 Å². The molecule has 0 fully saturated rings. The maximum absolute atomic E-state index is 14.0. The molecular weight excluding hydrogens is 333 g/mol. The number of hydrogen-bond acceptors (Lipinski definition) is 4. The number of ether oxygens (including phenoxy) is 2. The Balaban J connectivity index is 2.84. The summed E-state index contributed by atoms with van der Waals surface area (Å²) >= 11 is 2.95. The van der Waals surface area contributed by atoms with Gasteiger partial charge in [-0.3, -0.25) is 4.79 Å². The highest BCUT2D eigenvalue weighted by molar-refractivity contribution is 9.09. The van der Waals surface area contributed by atoms with Crippen LogP contribution in [-0.2, 0) is 9.53 Å². The molecule has 1 rings (SSSR count). The topological polar surface area (TPSA) is 64.6 Å². The van der Waals surface area contributed by atoms with Gasteiger partial charge < -0.3 is 14.8 Å². The maximum atomic E-state index is 14.0. The van der Waals surface area contributed by atoms with Gasteiger partial charge in [-0.2, -0.15) is 0 Å². The molecule has 1 aromatic rings. The fourth-order valence-corrected chi connectivity index (χ4v) is 1.37. The summed E-state index contributed by atoms with van der Waals surface area (Å²) in [5.41, 5.74) is -0.814. The van der Waals surface area contributed by atoms with E-state index < -0.39 is 23.5 Å². The number of carbonyl (C=O) groups is 2. The van der Waals surface area contributed by atoms with Crippen LogP contribution in [-0.4, -0.2) is 23.0 Å². The second-order valence-corrected chi connectivity index (χ2v) is 5.43. The zero-order valence-electron chi connectivity index (χ0n) is 11.3. The number of anilines is 1. The Bertz CT molecular complexity index is 514. The van der Waals surface area contributed by atoms with Crippen molar-refractivity contribution < 1.29 is 23.5 Å². The summed E-state index contributed by atoms with van der Waals surface area (Å²) in [5.74, 6) is -1.57. The van der Waals surface area contributed by atoms with Crippen molar-refractivity contribution in [1.82, 2.24) is 0 Å². The molecule has 1 N–H and O–H groups in total. The molecule has 0 aromatic heterocycles. The molecule has 0 unspecified atom stereocenters. The second kappa shape index (κ2) is 6.69. The zero-order valence-corrected chi connectivity index (χ0v) is 12.9.